The van der Waals surface area contributed by atoms with Gasteiger partial charge in [-0.3, -0.25) is 0 Å². The molecule has 1 aromatic heterocycles. The Morgan fingerprint density at radius 3 is 3.11 bits per heavy atom. The zero-order chi connectivity index (χ0) is 6.53. The SMILES string of the molecule is OCCNc1cc[nH]c1. The van der Waals surface area contributed by atoms with Crippen LogP contribution in [0.25, 0.3) is 0 Å². The smallest absolute Gasteiger partial charge is 0.0604 e. The molecule has 3 nitrogen and oxygen atoms in total. The molecular weight excluding hydrogens is 116 g/mol. The average molecular weight is 126 g/mol. The maximum atomic E-state index is 8.39. The Balaban J connectivity index is 2.30. The van der Waals surface area contributed by atoms with E-state index in [4.69, 9.17) is 5.11 Å². The van der Waals surface area contributed by atoms with E-state index >= 15 is 0 Å². The first-order valence-electron chi connectivity index (χ1n) is 2.91. The van der Waals surface area contributed by atoms with Crippen molar-refractivity contribution in [3.05, 3.63) is 18.5 Å². The number of rotatable bonds is 3. The predicted octanol–water partition coefficient (Wildman–Crippen LogP) is 0.419. The van der Waals surface area contributed by atoms with E-state index in [1.54, 1.807) is 0 Å². The summed E-state index contributed by atoms with van der Waals surface area (Å²) in [4.78, 5) is 2.89. The highest BCUT2D eigenvalue weighted by Gasteiger charge is 1.86. The van der Waals surface area contributed by atoms with Gasteiger partial charge in [-0.25, -0.2) is 0 Å². The lowest BCUT2D eigenvalue weighted by Crippen LogP contribution is -2.03. The lowest BCUT2D eigenvalue weighted by Gasteiger charge is -1.97. The van der Waals surface area contributed by atoms with Crippen molar-refractivity contribution >= 4 is 5.69 Å². The van der Waals surface area contributed by atoms with Crippen molar-refractivity contribution in [1.82, 2.24) is 4.98 Å². The van der Waals surface area contributed by atoms with Crippen molar-refractivity contribution in [3.63, 3.8) is 0 Å². The summed E-state index contributed by atoms with van der Waals surface area (Å²) in [5.41, 5.74) is 1.02. The number of hydrogen-bond donors (Lipinski definition) is 3. The molecule has 0 atom stereocenters. The van der Waals surface area contributed by atoms with Gasteiger partial charge >= 0.3 is 0 Å². The summed E-state index contributed by atoms with van der Waals surface area (Å²) in [6, 6.07) is 1.91. The average Bonchev–Trinajstić information content (AvgIpc) is 2.34. The minimum atomic E-state index is 0.172. The van der Waals surface area contributed by atoms with Gasteiger partial charge in [0.1, 0.15) is 0 Å². The molecule has 3 N–H and O–H groups in total. The maximum absolute atomic E-state index is 8.39. The van der Waals surface area contributed by atoms with E-state index < -0.39 is 0 Å². The molecule has 3 heteroatoms. The van der Waals surface area contributed by atoms with Crippen LogP contribution >= 0.6 is 0 Å². The number of H-pyrrole nitrogens is 1. The molecule has 0 radical (unpaired) electrons. The highest BCUT2D eigenvalue weighted by Crippen LogP contribution is 2.01. The first-order chi connectivity index (χ1) is 4.43. The summed E-state index contributed by atoms with van der Waals surface area (Å²) >= 11 is 0. The van der Waals surface area contributed by atoms with Gasteiger partial charge in [-0.05, 0) is 6.07 Å². The molecule has 1 aromatic rings. The van der Waals surface area contributed by atoms with Crippen LogP contribution < -0.4 is 5.32 Å². The van der Waals surface area contributed by atoms with Gasteiger partial charge < -0.3 is 15.4 Å². The van der Waals surface area contributed by atoms with E-state index in [0.717, 1.165) is 5.69 Å². The third-order valence-corrected chi connectivity index (χ3v) is 1.04. The molecule has 0 saturated carbocycles. The normalized spacial score (nSPS) is 9.44. The summed E-state index contributed by atoms with van der Waals surface area (Å²) in [6.07, 6.45) is 3.68. The lowest BCUT2D eigenvalue weighted by atomic mass is 10.5. The van der Waals surface area contributed by atoms with E-state index in [2.05, 4.69) is 10.3 Å². The Kier molecular flexibility index (Phi) is 2.15. The molecule has 0 amide bonds. The van der Waals surface area contributed by atoms with Gasteiger partial charge in [0, 0.05) is 18.9 Å². The monoisotopic (exact) mass is 126 g/mol. The number of aromatic nitrogens is 1. The molecule has 0 unspecified atom stereocenters. The molecule has 0 aliphatic rings. The predicted molar refractivity (Wildman–Crippen MR) is 36.4 cm³/mol. The number of aliphatic hydroxyl groups is 1. The van der Waals surface area contributed by atoms with E-state index in [0.29, 0.717) is 6.54 Å². The zero-order valence-corrected chi connectivity index (χ0v) is 5.09. The quantitative estimate of drug-likeness (QED) is 0.549. The Morgan fingerprint density at radius 2 is 2.56 bits per heavy atom. The van der Waals surface area contributed by atoms with Crippen LogP contribution in [0.2, 0.25) is 0 Å². The third kappa shape index (κ3) is 1.77. The van der Waals surface area contributed by atoms with Crippen LogP contribution in [0.5, 0.6) is 0 Å². The van der Waals surface area contributed by atoms with Crippen molar-refractivity contribution < 1.29 is 5.11 Å². The van der Waals surface area contributed by atoms with Gasteiger partial charge in [-0.2, -0.15) is 0 Å². The van der Waals surface area contributed by atoms with Crippen molar-refractivity contribution in [1.29, 1.82) is 0 Å². The van der Waals surface area contributed by atoms with E-state index in [1.165, 1.54) is 0 Å². The van der Waals surface area contributed by atoms with Crippen molar-refractivity contribution in [3.8, 4) is 0 Å². The standard InChI is InChI=1S/C6H10N2O/c9-4-3-8-6-1-2-7-5-6/h1-2,5,7-9H,3-4H2. The topological polar surface area (TPSA) is 48.0 Å². The minimum Gasteiger partial charge on any atom is -0.395 e. The Bertz CT molecular complexity index is 148. The van der Waals surface area contributed by atoms with Crippen LogP contribution in [-0.4, -0.2) is 23.2 Å². The molecule has 0 saturated heterocycles. The highest BCUT2D eigenvalue weighted by atomic mass is 16.3. The molecule has 9 heavy (non-hydrogen) atoms. The van der Waals surface area contributed by atoms with Gasteiger partial charge in [-0.15, -0.1) is 0 Å². The number of aliphatic hydroxyl groups excluding tert-OH is 1. The molecule has 0 aliphatic carbocycles. The molecular formula is C6H10N2O. The fourth-order valence-corrected chi connectivity index (χ4v) is 0.634. The van der Waals surface area contributed by atoms with Crippen LogP contribution in [0.3, 0.4) is 0 Å². The van der Waals surface area contributed by atoms with Crippen molar-refractivity contribution in [2.75, 3.05) is 18.5 Å². The molecule has 1 rings (SSSR count). The molecule has 0 spiro atoms. The fraction of sp³-hybridized carbons (Fsp3) is 0.333. The van der Waals surface area contributed by atoms with Gasteiger partial charge in [0.2, 0.25) is 0 Å². The zero-order valence-electron chi connectivity index (χ0n) is 5.09. The van der Waals surface area contributed by atoms with E-state index in [-0.39, 0.29) is 6.61 Å². The minimum absolute atomic E-state index is 0.172. The molecule has 1 heterocycles. The maximum Gasteiger partial charge on any atom is 0.0604 e. The van der Waals surface area contributed by atoms with Gasteiger partial charge in [0.15, 0.2) is 0 Å². The molecule has 0 aliphatic heterocycles. The first-order valence-corrected chi connectivity index (χ1v) is 2.91. The van der Waals surface area contributed by atoms with Gasteiger partial charge in [-0.1, -0.05) is 0 Å². The Labute approximate surface area is 53.7 Å². The number of aromatic amines is 1. The van der Waals surface area contributed by atoms with Gasteiger partial charge in [0.05, 0.1) is 12.3 Å². The lowest BCUT2D eigenvalue weighted by molar-refractivity contribution is 0.311. The second-order valence-electron chi connectivity index (χ2n) is 1.75. The molecule has 0 bridgehead atoms. The number of nitrogens with one attached hydrogen (secondary N) is 2. The second kappa shape index (κ2) is 3.14. The number of hydrogen-bond acceptors (Lipinski definition) is 2. The molecule has 50 valence electrons. The largest absolute Gasteiger partial charge is 0.395 e. The molecule has 0 aromatic carbocycles. The Hall–Kier alpha value is -0.960. The van der Waals surface area contributed by atoms with Crippen LogP contribution in [0.15, 0.2) is 18.5 Å². The third-order valence-electron chi connectivity index (χ3n) is 1.04. The number of anilines is 1. The van der Waals surface area contributed by atoms with E-state index in [9.17, 15) is 0 Å². The fourth-order valence-electron chi connectivity index (χ4n) is 0.634. The van der Waals surface area contributed by atoms with Crippen LogP contribution in [-0.2, 0) is 0 Å². The highest BCUT2D eigenvalue weighted by molar-refractivity contribution is 5.39. The van der Waals surface area contributed by atoms with Gasteiger partial charge in [0.25, 0.3) is 0 Å². The van der Waals surface area contributed by atoms with Crippen LogP contribution in [0.4, 0.5) is 5.69 Å². The summed E-state index contributed by atoms with van der Waals surface area (Å²) < 4.78 is 0. The van der Waals surface area contributed by atoms with Crippen LogP contribution in [0.1, 0.15) is 0 Å². The summed E-state index contributed by atoms with van der Waals surface area (Å²) in [5, 5.41) is 11.4. The van der Waals surface area contributed by atoms with Crippen molar-refractivity contribution in [2.45, 2.75) is 0 Å². The molecule has 0 fully saturated rings. The Morgan fingerprint density at radius 1 is 1.67 bits per heavy atom. The summed E-state index contributed by atoms with van der Waals surface area (Å²) in [5.74, 6) is 0. The van der Waals surface area contributed by atoms with Crippen LogP contribution in [0, 0.1) is 0 Å². The second-order valence-corrected chi connectivity index (χ2v) is 1.75. The summed E-state index contributed by atoms with van der Waals surface area (Å²) in [7, 11) is 0. The first kappa shape index (κ1) is 6.16. The summed E-state index contributed by atoms with van der Waals surface area (Å²) in [6.45, 7) is 0.781. The van der Waals surface area contributed by atoms with Crippen molar-refractivity contribution in [2.24, 2.45) is 0 Å². The van der Waals surface area contributed by atoms with E-state index in [1.807, 2.05) is 18.5 Å².